The lowest BCUT2D eigenvalue weighted by Crippen LogP contribution is -2.42. The van der Waals surface area contributed by atoms with E-state index in [2.05, 4.69) is 0 Å². The van der Waals surface area contributed by atoms with Crippen LogP contribution in [-0.4, -0.2) is 31.9 Å². The maximum absolute atomic E-state index is 12.8. The van der Waals surface area contributed by atoms with Crippen LogP contribution >= 0.6 is 0 Å². The molecule has 2 N–H and O–H groups in total. The first-order valence-corrected chi connectivity index (χ1v) is 8.88. The fourth-order valence-corrected chi connectivity index (χ4v) is 4.31. The van der Waals surface area contributed by atoms with Crippen molar-refractivity contribution in [1.29, 1.82) is 5.26 Å². The summed E-state index contributed by atoms with van der Waals surface area (Å²) in [5, 5.41) is 8.91. The molecule has 0 spiro atoms. The van der Waals surface area contributed by atoms with E-state index in [1.165, 1.54) is 10.4 Å². The smallest absolute Gasteiger partial charge is 0.328 e. The molecule has 132 valence electrons. The molecule has 1 aromatic rings. The Kier molecular flexibility index (Phi) is 5.22. The first-order chi connectivity index (χ1) is 11.1. The van der Waals surface area contributed by atoms with Gasteiger partial charge in [-0.25, -0.2) is 8.42 Å². The molecule has 0 amide bonds. The first-order valence-electron chi connectivity index (χ1n) is 7.44. The molecule has 1 atom stereocenters. The molecular formula is C15H18F3N3O2S. The molecule has 0 aliphatic carbocycles. The number of hydrogen-bond acceptors (Lipinski definition) is 4. The molecular weight excluding hydrogens is 343 g/mol. The Morgan fingerprint density at radius 3 is 2.38 bits per heavy atom. The second kappa shape index (κ2) is 6.70. The van der Waals surface area contributed by atoms with Gasteiger partial charge in [-0.1, -0.05) is 0 Å². The van der Waals surface area contributed by atoms with Gasteiger partial charge in [0.25, 0.3) is 0 Å². The highest BCUT2D eigenvalue weighted by Gasteiger charge is 2.36. The van der Waals surface area contributed by atoms with Crippen LogP contribution in [0, 0.1) is 17.2 Å². The van der Waals surface area contributed by atoms with Crippen molar-refractivity contribution in [2.24, 2.45) is 11.7 Å². The standard InChI is InChI=1S/C15H18F3N3O2S/c1-10(20)11-4-6-21(7-5-11)24(22,23)13-2-3-14(15(16,17)18)12(8-13)9-19/h2-3,8,10-11H,4-7,20H2,1H3. The highest BCUT2D eigenvalue weighted by atomic mass is 32.2. The van der Waals surface area contributed by atoms with E-state index in [4.69, 9.17) is 11.0 Å². The number of nitriles is 1. The van der Waals surface area contributed by atoms with Gasteiger partial charge in [-0.2, -0.15) is 22.7 Å². The second-order valence-electron chi connectivity index (χ2n) is 5.92. The highest BCUT2D eigenvalue weighted by molar-refractivity contribution is 7.89. The maximum Gasteiger partial charge on any atom is 0.417 e. The molecule has 0 bridgehead atoms. The summed E-state index contributed by atoms with van der Waals surface area (Å²) < 4.78 is 64.9. The van der Waals surface area contributed by atoms with Crippen molar-refractivity contribution in [3.63, 3.8) is 0 Å². The van der Waals surface area contributed by atoms with Crippen LogP contribution in [-0.2, 0) is 16.2 Å². The highest BCUT2D eigenvalue weighted by Crippen LogP contribution is 2.34. The van der Waals surface area contributed by atoms with E-state index >= 15 is 0 Å². The average molecular weight is 361 g/mol. The van der Waals surface area contributed by atoms with Crippen LogP contribution in [0.4, 0.5) is 13.2 Å². The summed E-state index contributed by atoms with van der Waals surface area (Å²) in [5.41, 5.74) is 3.98. The normalized spacial score (nSPS) is 19.0. The minimum Gasteiger partial charge on any atom is -0.328 e. The van der Waals surface area contributed by atoms with E-state index in [9.17, 15) is 21.6 Å². The summed E-state index contributed by atoms with van der Waals surface area (Å²) in [6, 6.07) is 3.71. The molecule has 1 aromatic carbocycles. The number of piperidine rings is 1. The van der Waals surface area contributed by atoms with Crippen molar-refractivity contribution in [3.05, 3.63) is 29.3 Å². The van der Waals surface area contributed by atoms with Crippen LogP contribution in [0.5, 0.6) is 0 Å². The van der Waals surface area contributed by atoms with Crippen LogP contribution in [0.1, 0.15) is 30.9 Å². The van der Waals surface area contributed by atoms with Crippen molar-refractivity contribution in [3.8, 4) is 6.07 Å². The van der Waals surface area contributed by atoms with Crippen LogP contribution in [0.25, 0.3) is 0 Å². The van der Waals surface area contributed by atoms with E-state index < -0.39 is 27.3 Å². The van der Waals surface area contributed by atoms with E-state index in [1.54, 1.807) is 0 Å². The fourth-order valence-electron chi connectivity index (χ4n) is 2.81. The average Bonchev–Trinajstić information content (AvgIpc) is 2.53. The summed E-state index contributed by atoms with van der Waals surface area (Å²) in [4.78, 5) is -0.300. The largest absolute Gasteiger partial charge is 0.417 e. The molecule has 1 heterocycles. The lowest BCUT2D eigenvalue weighted by atomic mass is 9.92. The minimum absolute atomic E-state index is 0.0360. The zero-order valence-corrected chi connectivity index (χ0v) is 13.9. The van der Waals surface area contributed by atoms with Gasteiger partial charge in [-0.15, -0.1) is 0 Å². The number of alkyl halides is 3. The number of sulfonamides is 1. The van der Waals surface area contributed by atoms with Gasteiger partial charge in [0.1, 0.15) is 0 Å². The molecule has 1 unspecified atom stereocenters. The zero-order valence-electron chi connectivity index (χ0n) is 13.0. The quantitative estimate of drug-likeness (QED) is 0.895. The Balaban J connectivity index is 2.30. The van der Waals surface area contributed by atoms with E-state index in [1.807, 2.05) is 6.92 Å². The summed E-state index contributed by atoms with van der Waals surface area (Å²) in [6.45, 7) is 2.39. The van der Waals surface area contributed by atoms with Gasteiger partial charge < -0.3 is 5.73 Å². The molecule has 1 aliphatic heterocycles. The van der Waals surface area contributed by atoms with Crippen molar-refractivity contribution < 1.29 is 21.6 Å². The number of halogens is 3. The SMILES string of the molecule is CC(N)C1CCN(S(=O)(=O)c2ccc(C(F)(F)F)c(C#N)c2)CC1. The molecule has 0 aromatic heterocycles. The van der Waals surface area contributed by atoms with Crippen molar-refractivity contribution in [2.45, 2.75) is 36.9 Å². The van der Waals surface area contributed by atoms with E-state index in [-0.39, 0.29) is 29.9 Å². The van der Waals surface area contributed by atoms with Crippen LogP contribution < -0.4 is 5.73 Å². The number of benzene rings is 1. The van der Waals surface area contributed by atoms with E-state index in [0.29, 0.717) is 18.9 Å². The zero-order chi connectivity index (χ0) is 18.1. The summed E-state index contributed by atoms with van der Waals surface area (Å²) in [6.07, 6.45) is -3.51. The monoisotopic (exact) mass is 361 g/mol. The number of rotatable bonds is 3. The summed E-state index contributed by atoms with van der Waals surface area (Å²) >= 11 is 0. The van der Waals surface area contributed by atoms with Gasteiger partial charge in [-0.3, -0.25) is 0 Å². The summed E-state index contributed by atoms with van der Waals surface area (Å²) in [7, 11) is -3.93. The first kappa shape index (κ1) is 18.7. The van der Waals surface area contributed by atoms with Gasteiger partial charge in [0.15, 0.2) is 0 Å². The third-order valence-electron chi connectivity index (χ3n) is 4.30. The summed E-state index contributed by atoms with van der Waals surface area (Å²) in [5.74, 6) is 0.221. The lowest BCUT2D eigenvalue weighted by molar-refractivity contribution is -0.137. The Morgan fingerprint density at radius 2 is 1.92 bits per heavy atom. The fraction of sp³-hybridized carbons (Fsp3) is 0.533. The third kappa shape index (κ3) is 3.71. The van der Waals surface area contributed by atoms with E-state index in [0.717, 1.165) is 12.1 Å². The number of nitrogens with zero attached hydrogens (tertiary/aromatic N) is 2. The van der Waals surface area contributed by atoms with Crippen molar-refractivity contribution in [2.75, 3.05) is 13.1 Å². The lowest BCUT2D eigenvalue weighted by Gasteiger charge is -2.33. The van der Waals surface area contributed by atoms with Crippen LogP contribution in [0.3, 0.4) is 0 Å². The Morgan fingerprint density at radius 1 is 1.33 bits per heavy atom. The molecule has 24 heavy (non-hydrogen) atoms. The van der Waals surface area contributed by atoms with Crippen LogP contribution in [0.15, 0.2) is 23.1 Å². The van der Waals surface area contributed by atoms with Crippen molar-refractivity contribution in [1.82, 2.24) is 4.31 Å². The predicted octanol–water partition coefficient (Wildman–Crippen LogP) is 2.32. The molecule has 1 saturated heterocycles. The van der Waals surface area contributed by atoms with Gasteiger partial charge >= 0.3 is 6.18 Å². The maximum atomic E-state index is 12.8. The Hall–Kier alpha value is -1.63. The molecule has 2 rings (SSSR count). The topological polar surface area (TPSA) is 87.2 Å². The molecule has 1 aliphatic rings. The second-order valence-corrected chi connectivity index (χ2v) is 7.86. The Bertz CT molecular complexity index is 746. The molecule has 5 nitrogen and oxygen atoms in total. The van der Waals surface area contributed by atoms with Gasteiger partial charge in [-0.05, 0) is 43.9 Å². The van der Waals surface area contributed by atoms with Gasteiger partial charge in [0, 0.05) is 19.1 Å². The molecule has 1 fully saturated rings. The molecule has 0 radical (unpaired) electrons. The predicted molar refractivity (Wildman–Crippen MR) is 81.3 cm³/mol. The van der Waals surface area contributed by atoms with Gasteiger partial charge in [0.05, 0.1) is 22.1 Å². The number of hydrogen-bond donors (Lipinski definition) is 1. The molecule has 9 heteroatoms. The number of nitrogens with two attached hydrogens (primary N) is 1. The minimum atomic E-state index is -4.71. The van der Waals surface area contributed by atoms with Gasteiger partial charge in [0.2, 0.25) is 10.0 Å². The molecule has 0 saturated carbocycles. The third-order valence-corrected chi connectivity index (χ3v) is 6.19. The Labute approximate surface area is 138 Å². The van der Waals surface area contributed by atoms with Crippen LogP contribution in [0.2, 0.25) is 0 Å². The van der Waals surface area contributed by atoms with Crippen molar-refractivity contribution >= 4 is 10.0 Å².